The third-order valence-electron chi connectivity index (χ3n) is 2.50. The number of rotatable bonds is 5. The summed E-state index contributed by atoms with van der Waals surface area (Å²) in [6.07, 6.45) is 0.476. The molecular formula is C12H13Cl2N3O2. The number of hydrogen-bond donors (Lipinski definition) is 1. The van der Waals surface area contributed by atoms with Crippen LogP contribution in [0.2, 0.25) is 10.0 Å². The minimum absolute atomic E-state index is 0.339. The van der Waals surface area contributed by atoms with Gasteiger partial charge in [-0.15, -0.1) is 0 Å². The first-order chi connectivity index (χ1) is 9.10. The van der Waals surface area contributed by atoms with E-state index in [-0.39, 0.29) is 0 Å². The van der Waals surface area contributed by atoms with Gasteiger partial charge in [-0.2, -0.15) is 4.98 Å². The van der Waals surface area contributed by atoms with Gasteiger partial charge in [-0.3, -0.25) is 0 Å². The number of aromatic nitrogens is 2. The van der Waals surface area contributed by atoms with E-state index in [4.69, 9.17) is 38.2 Å². The van der Waals surface area contributed by atoms with Gasteiger partial charge in [0.1, 0.15) is 0 Å². The molecule has 0 aliphatic rings. The molecule has 2 aromatic rings. The van der Waals surface area contributed by atoms with Gasteiger partial charge in [0.25, 0.3) is 0 Å². The molecule has 0 amide bonds. The van der Waals surface area contributed by atoms with Gasteiger partial charge in [-0.1, -0.05) is 34.4 Å². The van der Waals surface area contributed by atoms with Gasteiger partial charge in [-0.05, 0) is 17.7 Å². The lowest BCUT2D eigenvalue weighted by Crippen LogP contribution is -2.17. The van der Waals surface area contributed by atoms with Crippen molar-refractivity contribution >= 4 is 23.2 Å². The van der Waals surface area contributed by atoms with Crippen LogP contribution >= 0.6 is 23.2 Å². The largest absolute Gasteiger partial charge is 0.383 e. The highest BCUT2D eigenvalue weighted by atomic mass is 35.5. The van der Waals surface area contributed by atoms with E-state index in [0.29, 0.717) is 34.8 Å². The number of nitrogens with two attached hydrogens (primary N) is 1. The smallest absolute Gasteiger partial charge is 0.231 e. The Balaban J connectivity index is 2.09. The van der Waals surface area contributed by atoms with E-state index in [1.807, 2.05) is 6.07 Å². The summed E-state index contributed by atoms with van der Waals surface area (Å²) in [5.74, 6) is 0.900. The van der Waals surface area contributed by atoms with Crippen molar-refractivity contribution in [2.45, 2.75) is 12.5 Å². The maximum Gasteiger partial charge on any atom is 0.231 e. The summed E-state index contributed by atoms with van der Waals surface area (Å²) in [5, 5.41) is 4.83. The van der Waals surface area contributed by atoms with Crippen molar-refractivity contribution in [3.63, 3.8) is 0 Å². The summed E-state index contributed by atoms with van der Waals surface area (Å²) in [5.41, 5.74) is 6.74. The zero-order valence-electron chi connectivity index (χ0n) is 10.3. The second-order valence-electron chi connectivity index (χ2n) is 4.03. The highest BCUT2D eigenvalue weighted by molar-refractivity contribution is 6.42. The Labute approximate surface area is 120 Å². The number of benzene rings is 1. The standard InChI is InChI=1S/C12H13Cl2N3O2/c1-18-6-10(15)12-16-11(19-17-12)5-7-2-3-8(13)9(14)4-7/h2-4,10H,5-6,15H2,1H3. The first kappa shape index (κ1) is 14.3. The highest BCUT2D eigenvalue weighted by Gasteiger charge is 2.14. The lowest BCUT2D eigenvalue weighted by molar-refractivity contribution is 0.177. The molecule has 0 saturated carbocycles. The van der Waals surface area contributed by atoms with Gasteiger partial charge < -0.3 is 15.0 Å². The Hall–Kier alpha value is -1.14. The Kier molecular flexibility index (Phi) is 4.76. The van der Waals surface area contributed by atoms with Crippen molar-refractivity contribution < 1.29 is 9.26 Å². The summed E-state index contributed by atoms with van der Waals surface area (Å²) < 4.78 is 10.1. The van der Waals surface area contributed by atoms with Gasteiger partial charge >= 0.3 is 0 Å². The molecule has 19 heavy (non-hydrogen) atoms. The van der Waals surface area contributed by atoms with E-state index in [2.05, 4.69) is 10.1 Å². The van der Waals surface area contributed by atoms with Gasteiger partial charge in [0.05, 0.1) is 29.1 Å². The predicted octanol–water partition coefficient (Wildman–Crippen LogP) is 2.61. The van der Waals surface area contributed by atoms with Crippen molar-refractivity contribution in [3.05, 3.63) is 45.5 Å². The van der Waals surface area contributed by atoms with Crippen LogP contribution in [0.3, 0.4) is 0 Å². The molecule has 0 spiro atoms. The molecule has 1 unspecified atom stereocenters. The summed E-state index contributed by atoms with van der Waals surface area (Å²) in [4.78, 5) is 4.22. The minimum Gasteiger partial charge on any atom is -0.383 e. The monoisotopic (exact) mass is 301 g/mol. The molecule has 0 fully saturated rings. The maximum absolute atomic E-state index is 5.94. The van der Waals surface area contributed by atoms with E-state index in [1.54, 1.807) is 19.2 Å². The van der Waals surface area contributed by atoms with Crippen LogP contribution in [-0.4, -0.2) is 23.9 Å². The molecule has 0 aliphatic carbocycles. The molecule has 1 aromatic heterocycles. The first-order valence-electron chi connectivity index (χ1n) is 5.61. The fourth-order valence-corrected chi connectivity index (χ4v) is 1.89. The molecule has 0 saturated heterocycles. The van der Waals surface area contributed by atoms with Crippen molar-refractivity contribution in [1.82, 2.24) is 10.1 Å². The Morgan fingerprint density at radius 2 is 2.16 bits per heavy atom. The van der Waals surface area contributed by atoms with Gasteiger partial charge in [0.15, 0.2) is 5.82 Å². The second-order valence-corrected chi connectivity index (χ2v) is 4.85. The van der Waals surface area contributed by atoms with Crippen LogP contribution in [0.25, 0.3) is 0 Å². The minimum atomic E-state index is -0.392. The van der Waals surface area contributed by atoms with E-state index < -0.39 is 6.04 Å². The van der Waals surface area contributed by atoms with Crippen molar-refractivity contribution in [2.75, 3.05) is 13.7 Å². The van der Waals surface area contributed by atoms with Crippen LogP contribution in [0.4, 0.5) is 0 Å². The molecule has 0 radical (unpaired) electrons. The van der Waals surface area contributed by atoms with Gasteiger partial charge in [0, 0.05) is 7.11 Å². The van der Waals surface area contributed by atoms with E-state index in [9.17, 15) is 0 Å². The van der Waals surface area contributed by atoms with E-state index >= 15 is 0 Å². The molecule has 1 heterocycles. The van der Waals surface area contributed by atoms with E-state index in [1.165, 1.54) is 0 Å². The van der Waals surface area contributed by atoms with Crippen LogP contribution in [0.1, 0.15) is 23.3 Å². The summed E-state index contributed by atoms with van der Waals surface area (Å²) in [7, 11) is 1.57. The molecule has 1 aromatic carbocycles. The normalized spacial score (nSPS) is 12.6. The molecule has 2 rings (SSSR count). The van der Waals surface area contributed by atoms with Crippen LogP contribution in [0.15, 0.2) is 22.7 Å². The Morgan fingerprint density at radius 1 is 1.37 bits per heavy atom. The number of ether oxygens (including phenoxy) is 1. The average Bonchev–Trinajstić information content (AvgIpc) is 2.83. The molecule has 0 bridgehead atoms. The first-order valence-corrected chi connectivity index (χ1v) is 6.36. The quantitative estimate of drug-likeness (QED) is 0.919. The summed E-state index contributed by atoms with van der Waals surface area (Å²) in [6, 6.07) is 4.96. The van der Waals surface area contributed by atoms with Crippen LogP contribution in [0.5, 0.6) is 0 Å². The number of nitrogens with zero attached hydrogens (tertiary/aromatic N) is 2. The topological polar surface area (TPSA) is 74.2 Å². The van der Waals surface area contributed by atoms with Crippen LogP contribution in [0, 0.1) is 0 Å². The molecular weight excluding hydrogens is 289 g/mol. The van der Waals surface area contributed by atoms with Gasteiger partial charge in [0.2, 0.25) is 5.89 Å². The lowest BCUT2D eigenvalue weighted by atomic mass is 10.1. The molecule has 102 valence electrons. The maximum atomic E-state index is 5.94. The van der Waals surface area contributed by atoms with Gasteiger partial charge in [-0.25, -0.2) is 0 Å². The number of methoxy groups -OCH3 is 1. The van der Waals surface area contributed by atoms with Crippen molar-refractivity contribution in [1.29, 1.82) is 0 Å². The third kappa shape index (κ3) is 3.67. The predicted molar refractivity (Wildman–Crippen MR) is 72.4 cm³/mol. The Bertz CT molecular complexity index is 560. The molecule has 0 aliphatic heterocycles. The van der Waals surface area contributed by atoms with Crippen molar-refractivity contribution in [3.8, 4) is 0 Å². The lowest BCUT2D eigenvalue weighted by Gasteiger charge is -2.03. The zero-order valence-corrected chi connectivity index (χ0v) is 11.8. The average molecular weight is 302 g/mol. The molecule has 7 heteroatoms. The SMILES string of the molecule is COCC(N)c1noc(Cc2ccc(Cl)c(Cl)c2)n1. The van der Waals surface area contributed by atoms with E-state index in [0.717, 1.165) is 5.56 Å². The zero-order chi connectivity index (χ0) is 13.8. The molecule has 1 atom stereocenters. The van der Waals surface area contributed by atoms with Crippen LogP contribution in [-0.2, 0) is 11.2 Å². The molecule has 2 N–H and O–H groups in total. The number of halogens is 2. The third-order valence-corrected chi connectivity index (χ3v) is 3.24. The Morgan fingerprint density at radius 3 is 2.84 bits per heavy atom. The number of hydrogen-bond acceptors (Lipinski definition) is 5. The fraction of sp³-hybridized carbons (Fsp3) is 0.333. The summed E-state index contributed by atoms with van der Waals surface area (Å²) >= 11 is 11.8. The molecule has 5 nitrogen and oxygen atoms in total. The van der Waals surface area contributed by atoms with Crippen molar-refractivity contribution in [2.24, 2.45) is 5.73 Å². The second kappa shape index (κ2) is 6.34. The van der Waals surface area contributed by atoms with Crippen LogP contribution < -0.4 is 5.73 Å². The fourth-order valence-electron chi connectivity index (χ4n) is 1.57. The summed E-state index contributed by atoms with van der Waals surface area (Å²) in [6.45, 7) is 0.339. The highest BCUT2D eigenvalue weighted by Crippen LogP contribution is 2.23.